The molecule has 2 aliphatic rings. The van der Waals surface area contributed by atoms with Gasteiger partial charge in [-0.1, -0.05) is 48.5 Å². The van der Waals surface area contributed by atoms with E-state index in [1.54, 1.807) is 30.2 Å². The monoisotopic (exact) mass is 500 g/mol. The molecule has 1 saturated heterocycles. The van der Waals surface area contributed by atoms with Crippen LogP contribution in [0.1, 0.15) is 38.3 Å². The van der Waals surface area contributed by atoms with Gasteiger partial charge in [-0.25, -0.2) is 0 Å². The molecule has 2 heterocycles. The van der Waals surface area contributed by atoms with Gasteiger partial charge in [0.15, 0.2) is 0 Å². The lowest BCUT2D eigenvalue weighted by Crippen LogP contribution is -2.54. The van der Waals surface area contributed by atoms with Gasteiger partial charge in [-0.3, -0.25) is 19.7 Å². The van der Waals surface area contributed by atoms with Gasteiger partial charge >= 0.3 is 0 Å². The van der Waals surface area contributed by atoms with Crippen LogP contribution in [0.2, 0.25) is 0 Å². The van der Waals surface area contributed by atoms with Crippen molar-refractivity contribution in [3.8, 4) is 16.9 Å². The molecule has 3 aromatic carbocycles. The second-order valence-corrected chi connectivity index (χ2v) is 9.07. The Bertz CT molecular complexity index is 1360. The van der Waals surface area contributed by atoms with Gasteiger partial charge in [-0.15, -0.1) is 0 Å². The number of fused-ring (bicyclic) bond motifs is 1. The number of amides is 3. The highest BCUT2D eigenvalue weighted by atomic mass is 16.5. The molecule has 4 N–H and O–H groups in total. The Hall–Kier alpha value is -4.21. The van der Waals surface area contributed by atoms with Gasteiger partial charge in [-0.05, 0) is 46.9 Å². The zero-order chi connectivity index (χ0) is 26.0. The summed E-state index contributed by atoms with van der Waals surface area (Å²) in [7, 11) is 1.57. The van der Waals surface area contributed by atoms with E-state index in [4.69, 9.17) is 15.2 Å². The molecule has 0 unspecified atom stereocenters. The van der Waals surface area contributed by atoms with Crippen molar-refractivity contribution in [2.75, 3.05) is 27.1 Å². The van der Waals surface area contributed by atoms with Crippen molar-refractivity contribution in [2.45, 2.75) is 18.5 Å². The minimum Gasteiger partial charge on any atom is -0.497 e. The van der Waals surface area contributed by atoms with Crippen molar-refractivity contribution in [1.29, 1.82) is 0 Å². The molecule has 0 radical (unpaired) electrons. The lowest BCUT2D eigenvalue weighted by molar-refractivity contribution is -0.128. The van der Waals surface area contributed by atoms with Crippen LogP contribution in [0.25, 0.3) is 11.1 Å². The van der Waals surface area contributed by atoms with Crippen LogP contribution in [0.4, 0.5) is 0 Å². The number of carbonyl (C=O) groups is 3. The molecule has 37 heavy (non-hydrogen) atoms. The topological polar surface area (TPSA) is 123 Å². The molecular weight excluding hydrogens is 472 g/mol. The van der Waals surface area contributed by atoms with Gasteiger partial charge in [-0.2, -0.15) is 0 Å². The Labute approximate surface area is 214 Å². The van der Waals surface area contributed by atoms with Crippen molar-refractivity contribution >= 4 is 17.7 Å². The van der Waals surface area contributed by atoms with Gasteiger partial charge in [0.25, 0.3) is 5.91 Å². The van der Waals surface area contributed by atoms with Crippen molar-refractivity contribution in [3.63, 3.8) is 0 Å². The van der Waals surface area contributed by atoms with Crippen LogP contribution < -0.4 is 21.1 Å². The summed E-state index contributed by atoms with van der Waals surface area (Å²) in [6.07, 6.45) is 0.330. The molecule has 190 valence electrons. The number of hydrogen-bond donors (Lipinski definition) is 3. The summed E-state index contributed by atoms with van der Waals surface area (Å²) in [6.45, 7) is 1.07. The summed E-state index contributed by atoms with van der Waals surface area (Å²) in [6, 6.07) is 20.1. The van der Waals surface area contributed by atoms with E-state index in [-0.39, 0.29) is 25.3 Å². The van der Waals surface area contributed by atoms with E-state index in [0.29, 0.717) is 42.0 Å². The van der Waals surface area contributed by atoms with Crippen LogP contribution in [-0.2, 0) is 21.6 Å². The van der Waals surface area contributed by atoms with E-state index in [9.17, 15) is 14.4 Å². The lowest BCUT2D eigenvalue weighted by atomic mass is 9.84. The predicted octanol–water partition coefficient (Wildman–Crippen LogP) is 2.35. The molecule has 0 saturated carbocycles. The average molecular weight is 501 g/mol. The van der Waals surface area contributed by atoms with E-state index < -0.39 is 11.4 Å². The molecule has 0 aromatic heterocycles. The summed E-state index contributed by atoms with van der Waals surface area (Å²) < 4.78 is 10.7. The Morgan fingerprint density at radius 1 is 1.05 bits per heavy atom. The highest BCUT2D eigenvalue weighted by Gasteiger charge is 2.42. The molecule has 1 atom stereocenters. The maximum Gasteiger partial charge on any atom is 0.254 e. The molecule has 9 nitrogen and oxygen atoms in total. The number of nitrogens with two attached hydrogens (primary N) is 1. The number of nitrogens with zero attached hydrogens (tertiary/aromatic N) is 1. The standard InChI is InChI=1S/C28H28N4O5/c1-36-21-11-8-19-15-32(26(34)24(19)14-21)13-12-28(27(35)30-16-37-17-31-28)20-9-6-18(7-10-20)22-4-2-3-5-23(22)25(29)33/h2-11,14,31H,12-13,15-17H2,1H3,(H2,29,33)(H,30,35)/t28-/m0/s1. The summed E-state index contributed by atoms with van der Waals surface area (Å²) >= 11 is 0. The van der Waals surface area contributed by atoms with Gasteiger partial charge < -0.3 is 25.4 Å². The second kappa shape index (κ2) is 10.0. The quantitative estimate of drug-likeness (QED) is 0.458. The first kappa shape index (κ1) is 24.5. The van der Waals surface area contributed by atoms with E-state index >= 15 is 0 Å². The number of hydrogen-bond acceptors (Lipinski definition) is 6. The summed E-state index contributed by atoms with van der Waals surface area (Å²) in [5.41, 5.74) is 8.65. The summed E-state index contributed by atoms with van der Waals surface area (Å²) in [5.74, 6) is -0.203. The lowest BCUT2D eigenvalue weighted by Gasteiger charge is -2.33. The van der Waals surface area contributed by atoms with Crippen molar-refractivity contribution in [2.24, 2.45) is 5.73 Å². The maximum atomic E-state index is 13.4. The first-order valence-corrected chi connectivity index (χ1v) is 12.0. The summed E-state index contributed by atoms with van der Waals surface area (Å²) in [4.78, 5) is 40.1. The third-order valence-electron chi connectivity index (χ3n) is 7.03. The van der Waals surface area contributed by atoms with E-state index in [1.807, 2.05) is 48.5 Å². The fourth-order valence-corrected chi connectivity index (χ4v) is 4.99. The third kappa shape index (κ3) is 4.54. The van der Waals surface area contributed by atoms with Crippen LogP contribution in [0.15, 0.2) is 66.7 Å². The van der Waals surface area contributed by atoms with Crippen molar-refractivity contribution in [3.05, 3.63) is 89.0 Å². The van der Waals surface area contributed by atoms with Crippen LogP contribution in [0.5, 0.6) is 5.75 Å². The molecule has 0 bridgehead atoms. The smallest absolute Gasteiger partial charge is 0.254 e. The zero-order valence-corrected chi connectivity index (χ0v) is 20.5. The van der Waals surface area contributed by atoms with Gasteiger partial charge in [0.1, 0.15) is 18.0 Å². The molecule has 3 amide bonds. The Morgan fingerprint density at radius 2 is 1.84 bits per heavy atom. The Morgan fingerprint density at radius 3 is 2.59 bits per heavy atom. The van der Waals surface area contributed by atoms with E-state index in [0.717, 1.165) is 16.7 Å². The van der Waals surface area contributed by atoms with Crippen LogP contribution in [-0.4, -0.2) is 49.7 Å². The predicted molar refractivity (Wildman–Crippen MR) is 137 cm³/mol. The molecule has 5 rings (SSSR count). The third-order valence-corrected chi connectivity index (χ3v) is 7.03. The largest absolute Gasteiger partial charge is 0.497 e. The number of rotatable bonds is 7. The molecule has 3 aromatic rings. The fourth-order valence-electron chi connectivity index (χ4n) is 4.99. The molecule has 1 fully saturated rings. The van der Waals surface area contributed by atoms with Crippen molar-refractivity contribution < 1.29 is 23.9 Å². The molecule has 0 spiro atoms. The summed E-state index contributed by atoms with van der Waals surface area (Å²) in [5, 5.41) is 6.08. The second-order valence-electron chi connectivity index (χ2n) is 9.07. The highest BCUT2D eigenvalue weighted by Crippen LogP contribution is 2.33. The van der Waals surface area contributed by atoms with E-state index in [2.05, 4.69) is 10.6 Å². The van der Waals surface area contributed by atoms with Gasteiger partial charge in [0.05, 0.1) is 13.8 Å². The number of nitrogens with one attached hydrogen (secondary N) is 2. The normalized spacial score (nSPS) is 19.2. The molecule has 0 aliphatic carbocycles. The first-order chi connectivity index (χ1) is 17.9. The Kier molecular flexibility index (Phi) is 6.64. The minimum absolute atomic E-state index is 0.0888. The first-order valence-electron chi connectivity index (χ1n) is 12.0. The minimum atomic E-state index is -1.12. The van der Waals surface area contributed by atoms with E-state index in [1.165, 1.54) is 0 Å². The van der Waals surface area contributed by atoms with Gasteiger partial charge in [0, 0.05) is 24.2 Å². The number of primary amides is 1. The van der Waals surface area contributed by atoms with Crippen LogP contribution in [0, 0.1) is 0 Å². The number of methoxy groups -OCH3 is 1. The van der Waals surface area contributed by atoms with Crippen LogP contribution >= 0.6 is 0 Å². The van der Waals surface area contributed by atoms with Crippen molar-refractivity contribution in [1.82, 2.24) is 15.5 Å². The van der Waals surface area contributed by atoms with Crippen LogP contribution in [0.3, 0.4) is 0 Å². The molecule has 9 heteroatoms. The maximum absolute atomic E-state index is 13.4. The number of carbonyl (C=O) groups excluding carboxylic acids is 3. The number of ether oxygens (including phenoxy) is 2. The zero-order valence-electron chi connectivity index (χ0n) is 20.5. The number of benzene rings is 3. The SMILES string of the molecule is COc1ccc2c(c1)C(=O)N(CC[C@@]1(c3ccc(-c4ccccc4C(N)=O)cc3)NCOCNC1=O)C2. The average Bonchev–Trinajstić information content (AvgIpc) is 3.11. The molecule has 2 aliphatic heterocycles. The Balaban J connectivity index is 1.43. The highest BCUT2D eigenvalue weighted by molar-refractivity contribution is 6.00. The fraction of sp³-hybridized carbons (Fsp3) is 0.250. The molecular formula is C28H28N4O5. The van der Waals surface area contributed by atoms with Gasteiger partial charge in [0.2, 0.25) is 11.8 Å².